The van der Waals surface area contributed by atoms with Crippen molar-refractivity contribution in [1.29, 1.82) is 0 Å². The monoisotopic (exact) mass is 426 g/mol. The van der Waals surface area contributed by atoms with Crippen LogP contribution in [0.3, 0.4) is 0 Å². The zero-order chi connectivity index (χ0) is 17.4. The first kappa shape index (κ1) is 21.6. The lowest BCUT2D eigenvalue weighted by atomic mass is 9.99. The van der Waals surface area contributed by atoms with Crippen molar-refractivity contribution in [2.24, 2.45) is 5.92 Å². The maximum atomic E-state index is 11.8. The highest BCUT2D eigenvalue weighted by molar-refractivity contribution is 14.1. The summed E-state index contributed by atoms with van der Waals surface area (Å²) in [7, 11) is 0. The first-order valence-electron chi connectivity index (χ1n) is 7.75. The number of alkyl halides is 1. The summed E-state index contributed by atoms with van der Waals surface area (Å²) in [6.45, 7) is 13.0. The van der Waals surface area contributed by atoms with E-state index in [1.54, 1.807) is 0 Å². The quantitative estimate of drug-likeness (QED) is 0.417. The van der Waals surface area contributed by atoms with Crippen LogP contribution in [0.5, 0.6) is 0 Å². The van der Waals surface area contributed by atoms with Crippen molar-refractivity contribution in [2.45, 2.75) is 65.5 Å². The molecule has 0 atom stereocenters. The lowest BCUT2D eigenvalue weighted by molar-refractivity contribution is -0.124. The van der Waals surface area contributed by atoms with E-state index < -0.39 is 5.60 Å². The highest BCUT2D eigenvalue weighted by Gasteiger charge is 2.24. The third-order valence-corrected chi connectivity index (χ3v) is 3.82. The Kier molecular flexibility index (Phi) is 9.54. The summed E-state index contributed by atoms with van der Waals surface area (Å²) >= 11 is 2.03. The van der Waals surface area contributed by atoms with Crippen LogP contribution in [-0.4, -0.2) is 40.5 Å². The molecule has 0 unspecified atom stereocenters. The number of carbonyl (C=O) groups excluding carboxylic acids is 2. The Morgan fingerprint density at radius 1 is 1.14 bits per heavy atom. The highest BCUT2D eigenvalue weighted by Crippen LogP contribution is 2.14. The summed E-state index contributed by atoms with van der Waals surface area (Å²) in [6.07, 6.45) is 1.26. The van der Waals surface area contributed by atoms with Crippen LogP contribution >= 0.6 is 22.6 Å². The number of amides is 2. The molecule has 0 aliphatic carbocycles. The molecule has 0 fully saturated rings. The van der Waals surface area contributed by atoms with E-state index in [2.05, 4.69) is 10.6 Å². The number of carbonyl (C=O) groups is 2. The van der Waals surface area contributed by atoms with Crippen molar-refractivity contribution in [3.05, 3.63) is 0 Å². The van der Waals surface area contributed by atoms with Crippen LogP contribution in [0.4, 0.5) is 0 Å². The topological polar surface area (TPSA) is 67.4 Å². The molecule has 2 amide bonds. The Labute approximate surface area is 148 Å². The SMILES string of the molecule is CC(C)CC(=O)NC(C)(C)CCOC(C)(C)CNC(=O)CI. The molecule has 0 aromatic rings. The predicted molar refractivity (Wildman–Crippen MR) is 98.2 cm³/mol. The molecule has 0 aliphatic rings. The van der Waals surface area contributed by atoms with Crippen molar-refractivity contribution in [1.82, 2.24) is 10.6 Å². The lowest BCUT2D eigenvalue weighted by Crippen LogP contribution is -2.46. The van der Waals surface area contributed by atoms with Crippen LogP contribution in [0.1, 0.15) is 54.4 Å². The van der Waals surface area contributed by atoms with Gasteiger partial charge < -0.3 is 15.4 Å². The first-order valence-corrected chi connectivity index (χ1v) is 9.27. The van der Waals surface area contributed by atoms with Gasteiger partial charge in [-0.1, -0.05) is 36.4 Å². The van der Waals surface area contributed by atoms with Crippen LogP contribution in [0.15, 0.2) is 0 Å². The van der Waals surface area contributed by atoms with Crippen molar-refractivity contribution in [3.63, 3.8) is 0 Å². The van der Waals surface area contributed by atoms with Gasteiger partial charge in [0.15, 0.2) is 0 Å². The third-order valence-electron chi connectivity index (χ3n) is 3.12. The zero-order valence-corrected chi connectivity index (χ0v) is 16.9. The van der Waals surface area contributed by atoms with Crippen LogP contribution in [0, 0.1) is 5.92 Å². The number of ether oxygens (including phenoxy) is 1. The molecule has 0 aliphatic heterocycles. The largest absolute Gasteiger partial charge is 0.374 e. The fourth-order valence-electron chi connectivity index (χ4n) is 1.85. The molecule has 5 nitrogen and oxygen atoms in total. The van der Waals surface area contributed by atoms with Gasteiger partial charge in [0.1, 0.15) is 0 Å². The molecule has 0 aromatic heterocycles. The zero-order valence-electron chi connectivity index (χ0n) is 14.7. The van der Waals surface area contributed by atoms with E-state index in [0.29, 0.717) is 29.9 Å². The summed E-state index contributed by atoms with van der Waals surface area (Å²) < 4.78 is 6.30. The molecule has 0 rings (SSSR count). The van der Waals surface area contributed by atoms with Crippen molar-refractivity contribution in [2.75, 3.05) is 17.6 Å². The van der Waals surface area contributed by atoms with Crippen molar-refractivity contribution in [3.8, 4) is 0 Å². The van der Waals surface area contributed by atoms with Gasteiger partial charge in [0.2, 0.25) is 11.8 Å². The van der Waals surface area contributed by atoms with Crippen LogP contribution < -0.4 is 10.6 Å². The highest BCUT2D eigenvalue weighted by atomic mass is 127. The van der Waals surface area contributed by atoms with E-state index in [1.807, 2.05) is 64.1 Å². The molecule has 0 aromatic carbocycles. The lowest BCUT2D eigenvalue weighted by Gasteiger charge is -2.30. The van der Waals surface area contributed by atoms with E-state index >= 15 is 0 Å². The molecule has 22 heavy (non-hydrogen) atoms. The molecule has 0 spiro atoms. The Morgan fingerprint density at radius 2 is 1.73 bits per heavy atom. The maximum absolute atomic E-state index is 11.8. The number of halogens is 1. The summed E-state index contributed by atoms with van der Waals surface area (Å²) in [5, 5.41) is 5.88. The molecular formula is C16H31IN2O3. The van der Waals surface area contributed by atoms with Crippen LogP contribution in [0.2, 0.25) is 0 Å². The maximum Gasteiger partial charge on any atom is 0.229 e. The van der Waals surface area contributed by atoms with Crippen molar-refractivity contribution >= 4 is 34.4 Å². The normalized spacial score (nSPS) is 12.4. The molecule has 130 valence electrons. The molecule has 6 heteroatoms. The Balaban J connectivity index is 4.14. The number of hydrogen-bond donors (Lipinski definition) is 2. The molecule has 0 radical (unpaired) electrons. The van der Waals surface area contributed by atoms with E-state index in [1.165, 1.54) is 0 Å². The first-order chi connectivity index (χ1) is 9.97. The van der Waals surface area contributed by atoms with Gasteiger partial charge in [-0.25, -0.2) is 0 Å². The molecule has 0 saturated carbocycles. The smallest absolute Gasteiger partial charge is 0.229 e. The molecule has 0 bridgehead atoms. The molecular weight excluding hydrogens is 395 g/mol. The predicted octanol–water partition coefficient (Wildman–Crippen LogP) is 2.66. The average molecular weight is 426 g/mol. The molecule has 0 heterocycles. The second kappa shape index (κ2) is 9.70. The third kappa shape index (κ3) is 11.2. The number of nitrogens with one attached hydrogen (secondary N) is 2. The van der Waals surface area contributed by atoms with E-state index in [-0.39, 0.29) is 17.4 Å². The Hall–Kier alpha value is -0.370. The van der Waals surface area contributed by atoms with Gasteiger partial charge in [0.25, 0.3) is 0 Å². The Morgan fingerprint density at radius 3 is 2.23 bits per heavy atom. The van der Waals surface area contributed by atoms with Gasteiger partial charge in [-0.2, -0.15) is 0 Å². The summed E-state index contributed by atoms with van der Waals surface area (Å²) in [4.78, 5) is 23.1. The van der Waals surface area contributed by atoms with Gasteiger partial charge in [-0.3, -0.25) is 9.59 Å². The summed E-state index contributed by atoms with van der Waals surface area (Å²) in [6, 6.07) is 0. The van der Waals surface area contributed by atoms with E-state index in [4.69, 9.17) is 4.74 Å². The number of rotatable bonds is 10. The average Bonchev–Trinajstić information content (AvgIpc) is 2.33. The van der Waals surface area contributed by atoms with Gasteiger partial charge in [-0.05, 0) is 40.0 Å². The molecule has 0 saturated heterocycles. The molecule has 2 N–H and O–H groups in total. The van der Waals surface area contributed by atoms with Crippen LogP contribution in [-0.2, 0) is 14.3 Å². The standard InChI is InChI=1S/C16H31IN2O3/c1-12(2)9-13(20)19-15(3,4)7-8-22-16(5,6)11-18-14(21)10-17/h12H,7-11H2,1-6H3,(H,18,21)(H,19,20). The Bertz CT molecular complexity index is 368. The minimum Gasteiger partial charge on any atom is -0.374 e. The summed E-state index contributed by atoms with van der Waals surface area (Å²) in [5.41, 5.74) is -0.715. The van der Waals surface area contributed by atoms with Crippen molar-refractivity contribution < 1.29 is 14.3 Å². The van der Waals surface area contributed by atoms with Gasteiger partial charge in [0, 0.05) is 25.1 Å². The van der Waals surface area contributed by atoms with Gasteiger partial charge in [0.05, 0.1) is 10.0 Å². The fourth-order valence-corrected chi connectivity index (χ4v) is 2.12. The summed E-state index contributed by atoms with van der Waals surface area (Å²) in [5.74, 6) is 0.444. The van der Waals surface area contributed by atoms with Gasteiger partial charge >= 0.3 is 0 Å². The van der Waals surface area contributed by atoms with E-state index in [9.17, 15) is 9.59 Å². The fraction of sp³-hybridized carbons (Fsp3) is 0.875. The second-order valence-electron chi connectivity index (χ2n) is 7.30. The minimum absolute atomic E-state index is 0.0125. The number of hydrogen-bond acceptors (Lipinski definition) is 3. The minimum atomic E-state index is -0.417. The van der Waals surface area contributed by atoms with E-state index in [0.717, 1.165) is 6.42 Å². The second-order valence-corrected chi connectivity index (χ2v) is 8.06. The van der Waals surface area contributed by atoms with Gasteiger partial charge in [-0.15, -0.1) is 0 Å². The van der Waals surface area contributed by atoms with Crippen LogP contribution in [0.25, 0.3) is 0 Å².